The van der Waals surface area contributed by atoms with Gasteiger partial charge < -0.3 is 97.1 Å². The number of nitrogens with two attached hydrogens (primary N) is 2. The van der Waals surface area contributed by atoms with Gasteiger partial charge in [0.05, 0.1) is 41.7 Å². The number of nitrogens with one attached hydrogen (secondary N) is 6. The van der Waals surface area contributed by atoms with Crippen molar-refractivity contribution in [2.24, 2.45) is 41.1 Å². The molecule has 10 rings (SSSR count). The van der Waals surface area contributed by atoms with E-state index in [1.54, 1.807) is 33.5 Å². The number of benzene rings is 6. The number of aliphatic hydroxyl groups is 3. The van der Waals surface area contributed by atoms with Crippen LogP contribution in [0, 0.1) is 35.4 Å². The smallest absolute Gasteiger partial charge is 0.317 e. The molecule has 24 heteroatoms. The number of carbonyl (C=O) groups is 4. The summed E-state index contributed by atoms with van der Waals surface area (Å²) in [6.07, 6.45) is 23.4. The number of carbonyl (C=O) groups excluding carboxylic acids is 4. The van der Waals surface area contributed by atoms with Crippen molar-refractivity contribution in [3.8, 4) is 0 Å². The topological polar surface area (TPSA) is 309 Å². The van der Waals surface area contributed by atoms with Crippen LogP contribution in [0.25, 0.3) is 0 Å². The van der Waals surface area contributed by atoms with Gasteiger partial charge in [-0.2, -0.15) is 0 Å². The number of nitrogens with zero attached hydrogens (tertiary/aromatic N) is 3. The van der Waals surface area contributed by atoms with E-state index < -0.39 is 16.8 Å². The van der Waals surface area contributed by atoms with E-state index in [0.29, 0.717) is 134 Å². The Morgan fingerprint density at radius 3 is 1.40 bits per heavy atom. The van der Waals surface area contributed by atoms with E-state index in [2.05, 4.69) is 76.9 Å². The van der Waals surface area contributed by atoms with Crippen molar-refractivity contribution in [3.63, 3.8) is 0 Å². The maximum atomic E-state index is 14.0. The number of ether oxygens (including phenoxy) is 5. The predicted octanol–water partition coefficient (Wildman–Crippen LogP) is 16.7. The average molecular weight is 1790 g/mol. The van der Waals surface area contributed by atoms with Crippen LogP contribution in [0.1, 0.15) is 245 Å². The molecule has 0 spiro atoms. The van der Waals surface area contributed by atoms with Gasteiger partial charge in [0.15, 0.2) is 0 Å². The van der Waals surface area contributed by atoms with Crippen molar-refractivity contribution < 1.29 is 62.6 Å². The Balaban J connectivity index is 0.000000235. The third kappa shape index (κ3) is 37.2. The molecule has 3 aliphatic heterocycles. The number of rotatable bonds is 46. The van der Waals surface area contributed by atoms with Crippen molar-refractivity contribution in [2.45, 2.75) is 255 Å². The fraction of sp³-hybridized carbons (Fsp3) is 0.619. The normalized spacial score (nSPS) is 18.7. The van der Waals surface area contributed by atoms with Crippen LogP contribution in [0.3, 0.4) is 0 Å². The van der Waals surface area contributed by atoms with Crippen molar-refractivity contribution in [2.75, 3.05) is 134 Å². The number of amides is 7. The molecular weight excluding hydrogens is 1630 g/mol. The highest BCUT2D eigenvalue weighted by Crippen LogP contribution is 2.44. The number of methoxy groups -OCH3 is 3. The molecule has 0 bridgehead atoms. The van der Waals surface area contributed by atoms with E-state index >= 15 is 0 Å². The summed E-state index contributed by atoms with van der Waals surface area (Å²) in [5.41, 5.74) is 14.9. The maximum absolute atomic E-state index is 14.0. The Hall–Kier alpha value is -7.95. The third-order valence-corrected chi connectivity index (χ3v) is 25.8. The van der Waals surface area contributed by atoms with Crippen molar-refractivity contribution in [3.05, 3.63) is 215 Å². The number of likely N-dealkylation sites (tertiary alicyclic amines) is 3. The second-order valence-electron chi connectivity index (χ2n) is 37.5. The lowest BCUT2D eigenvalue weighted by molar-refractivity contribution is -0.0570. The van der Waals surface area contributed by atoms with Gasteiger partial charge in [-0.1, -0.05) is 218 Å². The fourth-order valence-electron chi connectivity index (χ4n) is 18.8. The second kappa shape index (κ2) is 58.8. The molecule has 718 valence electrons. The van der Waals surface area contributed by atoms with Crippen LogP contribution in [0.15, 0.2) is 170 Å². The minimum atomic E-state index is -1.18. The van der Waals surface area contributed by atoms with Crippen molar-refractivity contribution >= 4 is 24.0 Å². The van der Waals surface area contributed by atoms with Gasteiger partial charge in [0.25, 0.3) is 5.91 Å². The number of halogens is 1. The zero-order valence-corrected chi connectivity index (χ0v) is 80.1. The lowest BCUT2D eigenvalue weighted by Crippen LogP contribution is -2.54. The summed E-state index contributed by atoms with van der Waals surface area (Å²) in [5.74, 6) is 0.658. The molecule has 3 heterocycles. The van der Waals surface area contributed by atoms with E-state index in [1.807, 2.05) is 171 Å². The standard InChI is InChI=1S/C28H40N2O3.C27H39N3O2.C25H42FN3O3.C25H43N3O4/c1-29-21-26(19-22-11-5-3-6-12-22)30-28(31)25-16-9-15-24(20-25)27(33-18-10-17-32-2)23-13-7-4-8-14-23;1-2-3-10-17-27(32,23-14-8-5-9-15-23)24-16-11-18-30(21-24)26(31)29-25(20-28)19-22-12-6-4-7-13-22;1-19(2)15-23(17-27-3)28-24(30)29-13-8-10-21(18-29)25(31,12-5-6-14-32-4)20-9-7-11-22(26)16-20;1-24(2,3)32-19-22(17-26)27-23(29)28-15-10-13-21(18-28)25(30,14-8-9-16-31-4)20-11-6-5-7-12-20/h4,7-9,13-16,20,22,26-27,29H,3,5-6,10-12,17-19,21H2,1-2H3,(H,30,31);4-9,12-15,24-25,32H,2-3,10-11,16-21,28H2,1H3,(H,29,31);7,9,11,16,19,21,23,27,31H,5-6,8,10,12-15,17-18H2,1-4H3,(H,28,30);5-7,11-12,21-22,30H,8-10,13-19,26H2,1-4H3,(H,27,29)/t26-,27-;24-,25+,27-;21-,23+,25-;21-,22-,25-/m0111/s1. The van der Waals surface area contributed by atoms with Gasteiger partial charge in [-0.15, -0.1) is 0 Å². The quantitative estimate of drug-likeness (QED) is 0.0158. The monoisotopic (exact) mass is 1790 g/mol. The van der Waals surface area contributed by atoms with Gasteiger partial charge >= 0.3 is 18.1 Å². The van der Waals surface area contributed by atoms with E-state index in [1.165, 1.54) is 44.2 Å². The van der Waals surface area contributed by atoms with Crippen LogP contribution in [-0.2, 0) is 46.9 Å². The Morgan fingerprint density at radius 1 is 0.481 bits per heavy atom. The van der Waals surface area contributed by atoms with Gasteiger partial charge in [-0.25, -0.2) is 18.8 Å². The molecule has 0 aromatic heterocycles. The van der Waals surface area contributed by atoms with E-state index in [0.717, 1.165) is 144 Å². The van der Waals surface area contributed by atoms with Gasteiger partial charge in [0, 0.05) is 148 Å². The van der Waals surface area contributed by atoms with Crippen LogP contribution >= 0.6 is 0 Å². The third-order valence-electron chi connectivity index (χ3n) is 25.8. The molecule has 11 atom stereocenters. The molecule has 7 amide bonds. The Bertz CT molecular complexity index is 4040. The first-order valence-corrected chi connectivity index (χ1v) is 48.4. The summed E-state index contributed by atoms with van der Waals surface area (Å²) in [5, 5.41) is 54.6. The highest BCUT2D eigenvalue weighted by atomic mass is 19.1. The number of urea groups is 3. The van der Waals surface area contributed by atoms with E-state index in [-0.39, 0.29) is 83.4 Å². The van der Waals surface area contributed by atoms with Crippen molar-refractivity contribution in [1.82, 2.24) is 46.6 Å². The van der Waals surface area contributed by atoms with Gasteiger partial charge in [-0.05, 0) is 214 Å². The number of likely N-dealkylation sites (N-methyl/N-ethyl adjacent to an activating group) is 2. The molecule has 0 unspecified atom stereocenters. The Kier molecular flexibility index (Phi) is 49.3. The van der Waals surface area contributed by atoms with Crippen LogP contribution in [-0.4, -0.2) is 218 Å². The summed E-state index contributed by atoms with van der Waals surface area (Å²) in [4.78, 5) is 57.9. The van der Waals surface area contributed by atoms with Crippen LogP contribution in [0.2, 0.25) is 0 Å². The van der Waals surface area contributed by atoms with Crippen LogP contribution < -0.4 is 43.4 Å². The first kappa shape index (κ1) is 108. The van der Waals surface area contributed by atoms with Gasteiger partial charge in [0.1, 0.15) is 11.9 Å². The summed E-state index contributed by atoms with van der Waals surface area (Å²) < 4.78 is 41.6. The summed E-state index contributed by atoms with van der Waals surface area (Å²) in [6, 6.07) is 53.8. The highest BCUT2D eigenvalue weighted by Gasteiger charge is 2.45. The SMILES string of the molecule is CCCCC[C@@](O)(c1ccccc1)[C@@H]1CCCN(C(=O)N[C@H](CN)Cc2ccccc2)C1.CNC[C@H](CC(C)C)NC(=O)N1CCC[C@@H]([C@@](O)(CCCCOC)c2cccc(F)c2)C1.CNC[C@H](CC1CCCCC1)NC(=O)c1cccc([C@@H](OCCCOC)c2ccccc2)c1.COCCCC[C@@](O)(c1ccccc1)[C@@H]1CCCN(C(=O)N[C@H](CN)COC(C)(C)C)C1. The molecule has 1 saturated carbocycles. The number of hydrogen-bond donors (Lipinski definition) is 11. The molecule has 13 N–H and O–H groups in total. The minimum absolute atomic E-state index is 0.0147. The van der Waals surface area contributed by atoms with Gasteiger partial charge in [-0.3, -0.25) is 4.79 Å². The lowest BCUT2D eigenvalue weighted by atomic mass is 9.74. The molecule has 129 heavy (non-hydrogen) atoms. The zero-order valence-electron chi connectivity index (χ0n) is 80.1. The summed E-state index contributed by atoms with van der Waals surface area (Å²) in [6.45, 7) is 21.1. The number of hydrogen-bond acceptors (Lipinski definition) is 16. The Labute approximate surface area is 773 Å². The largest absolute Gasteiger partial charge is 0.385 e. The molecule has 6 aromatic rings. The molecule has 0 radical (unpaired) electrons. The molecule has 3 saturated heterocycles. The molecule has 23 nitrogen and oxygen atoms in total. The van der Waals surface area contributed by atoms with E-state index in [9.17, 15) is 38.9 Å². The van der Waals surface area contributed by atoms with Crippen LogP contribution in [0.4, 0.5) is 18.8 Å². The first-order valence-electron chi connectivity index (χ1n) is 48.4. The van der Waals surface area contributed by atoms with Crippen molar-refractivity contribution in [1.29, 1.82) is 0 Å². The molecule has 1 aliphatic carbocycles. The fourth-order valence-corrected chi connectivity index (χ4v) is 18.8. The van der Waals surface area contributed by atoms with E-state index in [4.69, 9.17) is 35.2 Å². The Morgan fingerprint density at radius 2 is 0.922 bits per heavy atom. The van der Waals surface area contributed by atoms with Crippen LogP contribution in [0.5, 0.6) is 0 Å². The lowest BCUT2D eigenvalue weighted by Gasteiger charge is -2.43. The molecule has 4 fully saturated rings. The first-order chi connectivity index (χ1) is 62.3. The summed E-state index contributed by atoms with van der Waals surface area (Å²) >= 11 is 0. The second-order valence-corrected chi connectivity index (χ2v) is 37.5. The highest BCUT2D eigenvalue weighted by molar-refractivity contribution is 5.94. The minimum Gasteiger partial charge on any atom is -0.385 e. The molecular formula is C105H164FN11O12. The number of piperidine rings is 3. The average Bonchev–Trinajstić information content (AvgIpc) is 0.821. The molecule has 4 aliphatic rings. The molecule has 6 aromatic carbocycles. The zero-order chi connectivity index (χ0) is 93.3. The number of unbranched alkanes of at least 4 members (excludes halogenated alkanes) is 4. The summed E-state index contributed by atoms with van der Waals surface area (Å²) in [7, 11) is 8.90. The maximum Gasteiger partial charge on any atom is 0.317 e. The van der Waals surface area contributed by atoms with Gasteiger partial charge in [0.2, 0.25) is 0 Å². The predicted molar refractivity (Wildman–Crippen MR) is 517 cm³/mol.